The molecule has 0 aliphatic carbocycles. The SMILES string of the molecule is CC=N/C=C\C(C)=Nc1nc(-c2nn(Cc3ccc(C(F)(F)F)nc3C)c3ccccc23)ncc1OC. The fraction of sp³-hybridized carbons (Fsp3) is 0.231. The number of aliphatic imine (C=N–C) groups is 2. The van der Waals surface area contributed by atoms with E-state index in [1.54, 1.807) is 30.1 Å². The van der Waals surface area contributed by atoms with Crippen LogP contribution < -0.4 is 4.74 Å². The van der Waals surface area contributed by atoms with Crippen LogP contribution in [-0.4, -0.2) is 43.8 Å². The van der Waals surface area contributed by atoms with E-state index in [1.165, 1.54) is 19.4 Å². The maximum atomic E-state index is 13.0. The Hall–Kier alpha value is -4.41. The van der Waals surface area contributed by atoms with Gasteiger partial charge in [0.2, 0.25) is 0 Å². The molecule has 37 heavy (non-hydrogen) atoms. The molecule has 0 saturated heterocycles. The van der Waals surface area contributed by atoms with Crippen molar-refractivity contribution in [1.82, 2.24) is 24.7 Å². The van der Waals surface area contributed by atoms with Crippen LogP contribution in [0.15, 0.2) is 64.9 Å². The number of ether oxygens (including phenoxy) is 1. The zero-order chi connectivity index (χ0) is 26.6. The number of para-hydroxylation sites is 1. The molecule has 0 amide bonds. The lowest BCUT2D eigenvalue weighted by Gasteiger charge is -2.10. The molecule has 0 fully saturated rings. The summed E-state index contributed by atoms with van der Waals surface area (Å²) in [6.45, 7) is 5.40. The van der Waals surface area contributed by atoms with Gasteiger partial charge in [0.25, 0.3) is 0 Å². The number of halogens is 3. The molecular formula is C26H24F3N7O. The Kier molecular flexibility index (Phi) is 7.42. The number of hydrogen-bond acceptors (Lipinski definition) is 7. The van der Waals surface area contributed by atoms with Crippen LogP contribution >= 0.6 is 0 Å². The lowest BCUT2D eigenvalue weighted by Crippen LogP contribution is -2.11. The Bertz CT molecular complexity index is 1520. The van der Waals surface area contributed by atoms with Crippen molar-refractivity contribution in [3.8, 4) is 17.3 Å². The van der Waals surface area contributed by atoms with E-state index in [2.05, 4.69) is 24.9 Å². The monoisotopic (exact) mass is 507 g/mol. The van der Waals surface area contributed by atoms with E-state index in [-0.39, 0.29) is 12.2 Å². The fourth-order valence-electron chi connectivity index (χ4n) is 3.63. The standard InChI is InChI=1S/C26H24F3N7O/c1-5-30-13-12-16(2)32-24-21(37-4)14-31-25(34-24)23-19-8-6-7-9-20(19)36(35-23)15-18-10-11-22(26(27,28)29)33-17(18)3/h5-14H,15H2,1-4H3/b13-12-,30-5?,32-16?. The summed E-state index contributed by atoms with van der Waals surface area (Å²) < 4.78 is 46.2. The lowest BCUT2D eigenvalue weighted by atomic mass is 10.1. The first kappa shape index (κ1) is 25.7. The highest BCUT2D eigenvalue weighted by atomic mass is 19.4. The van der Waals surface area contributed by atoms with Crippen molar-refractivity contribution >= 4 is 28.6 Å². The van der Waals surface area contributed by atoms with Gasteiger partial charge >= 0.3 is 6.18 Å². The molecule has 0 radical (unpaired) electrons. The topological polar surface area (TPSA) is 90.4 Å². The van der Waals surface area contributed by atoms with Crippen molar-refractivity contribution in [3.05, 3.63) is 71.8 Å². The molecule has 0 spiro atoms. The molecule has 190 valence electrons. The van der Waals surface area contributed by atoms with E-state index >= 15 is 0 Å². The number of aryl methyl sites for hydroxylation is 1. The van der Waals surface area contributed by atoms with E-state index in [4.69, 9.17) is 9.84 Å². The predicted molar refractivity (Wildman–Crippen MR) is 136 cm³/mol. The van der Waals surface area contributed by atoms with Crippen LogP contribution in [-0.2, 0) is 12.7 Å². The number of methoxy groups -OCH3 is 1. The van der Waals surface area contributed by atoms with Gasteiger partial charge in [-0.1, -0.05) is 24.3 Å². The van der Waals surface area contributed by atoms with Crippen LogP contribution in [0.5, 0.6) is 5.75 Å². The van der Waals surface area contributed by atoms with Crippen LogP contribution in [0.25, 0.3) is 22.4 Å². The number of nitrogens with zero attached hydrogens (tertiary/aromatic N) is 7. The molecule has 0 saturated carbocycles. The van der Waals surface area contributed by atoms with Gasteiger partial charge in [0.1, 0.15) is 11.4 Å². The number of aromatic nitrogens is 5. The number of benzene rings is 1. The van der Waals surface area contributed by atoms with Gasteiger partial charge in [0.05, 0.1) is 25.4 Å². The highest BCUT2D eigenvalue weighted by Gasteiger charge is 2.32. The average Bonchev–Trinajstić information content (AvgIpc) is 3.23. The molecule has 0 aliphatic heterocycles. The Labute approximate surface area is 211 Å². The first-order valence-corrected chi connectivity index (χ1v) is 11.3. The molecule has 0 aliphatic rings. The Morgan fingerprint density at radius 3 is 2.62 bits per heavy atom. The quantitative estimate of drug-likeness (QED) is 0.288. The van der Waals surface area contributed by atoms with Crippen LogP contribution in [0.3, 0.4) is 0 Å². The highest BCUT2D eigenvalue weighted by molar-refractivity contribution is 5.95. The number of hydrogen-bond donors (Lipinski definition) is 0. The maximum absolute atomic E-state index is 13.0. The van der Waals surface area contributed by atoms with Crippen molar-refractivity contribution in [1.29, 1.82) is 0 Å². The predicted octanol–water partition coefficient (Wildman–Crippen LogP) is 5.97. The summed E-state index contributed by atoms with van der Waals surface area (Å²) in [5, 5.41) is 5.51. The zero-order valence-corrected chi connectivity index (χ0v) is 20.7. The van der Waals surface area contributed by atoms with Crippen molar-refractivity contribution in [2.24, 2.45) is 9.98 Å². The number of fused-ring (bicyclic) bond motifs is 1. The number of alkyl halides is 3. The van der Waals surface area contributed by atoms with E-state index in [1.807, 2.05) is 38.1 Å². The Balaban J connectivity index is 1.76. The van der Waals surface area contributed by atoms with Crippen molar-refractivity contribution in [2.75, 3.05) is 7.11 Å². The van der Waals surface area contributed by atoms with Crippen molar-refractivity contribution in [3.63, 3.8) is 0 Å². The zero-order valence-electron chi connectivity index (χ0n) is 20.7. The van der Waals surface area contributed by atoms with E-state index in [9.17, 15) is 13.2 Å². The minimum atomic E-state index is -4.50. The summed E-state index contributed by atoms with van der Waals surface area (Å²) >= 11 is 0. The molecule has 0 bridgehead atoms. The minimum Gasteiger partial charge on any atom is -0.491 e. The summed E-state index contributed by atoms with van der Waals surface area (Å²) in [4.78, 5) is 21.3. The second-order valence-corrected chi connectivity index (χ2v) is 8.02. The first-order chi connectivity index (χ1) is 17.7. The average molecular weight is 508 g/mol. The number of pyridine rings is 1. The molecule has 11 heteroatoms. The highest BCUT2D eigenvalue weighted by Crippen LogP contribution is 2.32. The van der Waals surface area contributed by atoms with Crippen LogP contribution in [0.1, 0.15) is 30.8 Å². The minimum absolute atomic E-state index is 0.223. The van der Waals surface area contributed by atoms with Crippen LogP contribution in [0.4, 0.5) is 19.0 Å². The van der Waals surface area contributed by atoms with Gasteiger partial charge < -0.3 is 4.74 Å². The molecular weight excluding hydrogens is 483 g/mol. The third-order valence-electron chi connectivity index (χ3n) is 5.46. The molecule has 0 atom stereocenters. The largest absolute Gasteiger partial charge is 0.491 e. The normalized spacial score (nSPS) is 12.8. The molecule has 3 aromatic heterocycles. The van der Waals surface area contributed by atoms with Gasteiger partial charge in [0, 0.05) is 29.2 Å². The molecule has 3 heterocycles. The molecule has 0 unspecified atom stereocenters. The summed E-state index contributed by atoms with van der Waals surface area (Å²) in [6.07, 6.45) is 2.06. The van der Waals surface area contributed by atoms with Gasteiger partial charge in [-0.2, -0.15) is 18.3 Å². The van der Waals surface area contributed by atoms with E-state index < -0.39 is 11.9 Å². The lowest BCUT2D eigenvalue weighted by molar-refractivity contribution is -0.141. The molecule has 4 aromatic rings. The van der Waals surface area contributed by atoms with E-state index in [0.717, 1.165) is 17.0 Å². The smallest absolute Gasteiger partial charge is 0.433 e. The van der Waals surface area contributed by atoms with Gasteiger partial charge in [-0.3, -0.25) is 9.67 Å². The maximum Gasteiger partial charge on any atom is 0.433 e. The van der Waals surface area contributed by atoms with Gasteiger partial charge in [-0.25, -0.2) is 19.9 Å². The number of allylic oxidation sites excluding steroid dienone is 1. The molecule has 1 aromatic carbocycles. The summed E-state index contributed by atoms with van der Waals surface area (Å²) in [5.74, 6) is 1.06. The molecule has 0 N–H and O–H groups in total. The second-order valence-electron chi connectivity index (χ2n) is 8.02. The molecule has 8 nitrogen and oxygen atoms in total. The van der Waals surface area contributed by atoms with Crippen LogP contribution in [0.2, 0.25) is 0 Å². The van der Waals surface area contributed by atoms with Crippen molar-refractivity contribution < 1.29 is 17.9 Å². The van der Waals surface area contributed by atoms with Gasteiger partial charge in [-0.05, 0) is 44.5 Å². The fourth-order valence-corrected chi connectivity index (χ4v) is 3.63. The van der Waals surface area contributed by atoms with E-state index in [0.29, 0.717) is 34.4 Å². The summed E-state index contributed by atoms with van der Waals surface area (Å²) in [7, 11) is 1.51. The summed E-state index contributed by atoms with van der Waals surface area (Å²) in [6, 6.07) is 9.91. The second kappa shape index (κ2) is 10.7. The van der Waals surface area contributed by atoms with Gasteiger partial charge in [0.15, 0.2) is 17.4 Å². The Morgan fingerprint density at radius 1 is 1.14 bits per heavy atom. The summed E-state index contributed by atoms with van der Waals surface area (Å²) in [5.41, 5.74) is 1.92. The third-order valence-corrected chi connectivity index (χ3v) is 5.46. The third kappa shape index (κ3) is 5.71. The van der Waals surface area contributed by atoms with Crippen molar-refractivity contribution in [2.45, 2.75) is 33.5 Å². The first-order valence-electron chi connectivity index (χ1n) is 11.3. The van der Waals surface area contributed by atoms with Crippen LogP contribution in [0, 0.1) is 6.92 Å². The van der Waals surface area contributed by atoms with Gasteiger partial charge in [-0.15, -0.1) is 0 Å². The Morgan fingerprint density at radius 2 is 1.92 bits per heavy atom. The molecule has 4 rings (SSSR count). The number of rotatable bonds is 7.